The normalized spacial score (nSPS) is 18.6. The quantitative estimate of drug-likeness (QED) is 0.801. The summed E-state index contributed by atoms with van der Waals surface area (Å²) < 4.78 is 1.00. The highest BCUT2D eigenvalue weighted by Gasteiger charge is 2.46. The zero-order valence-corrected chi connectivity index (χ0v) is 8.29. The van der Waals surface area contributed by atoms with Crippen molar-refractivity contribution in [1.29, 1.82) is 0 Å². The summed E-state index contributed by atoms with van der Waals surface area (Å²) in [5.74, 6) is 0.749. The predicted molar refractivity (Wildman–Crippen MR) is 53.2 cm³/mol. The van der Waals surface area contributed by atoms with E-state index in [4.69, 9.17) is 0 Å². The van der Waals surface area contributed by atoms with E-state index in [9.17, 15) is 5.11 Å². The molecule has 1 N–H and O–H groups in total. The first-order valence-electron chi connectivity index (χ1n) is 4.52. The van der Waals surface area contributed by atoms with E-state index in [0.717, 1.165) is 29.0 Å². The predicted octanol–water partition coefficient (Wildman–Crippen LogP) is 1.11. The highest BCUT2D eigenvalue weighted by atomic mass is 32.1. The zero-order chi connectivity index (χ0) is 9.60. The van der Waals surface area contributed by atoms with Gasteiger partial charge in [-0.3, -0.25) is 0 Å². The lowest BCUT2D eigenvalue weighted by atomic mass is 10.1. The molecule has 0 atom stereocenters. The Kier molecular flexibility index (Phi) is 1.60. The van der Waals surface area contributed by atoms with Gasteiger partial charge < -0.3 is 5.11 Å². The van der Waals surface area contributed by atoms with Gasteiger partial charge in [0.2, 0.25) is 0 Å². The summed E-state index contributed by atoms with van der Waals surface area (Å²) in [5.41, 5.74) is 2.36. The Balaban J connectivity index is 2.13. The number of rotatable bonds is 2. The molecule has 5 heteroatoms. The van der Waals surface area contributed by atoms with Crippen LogP contribution >= 0.6 is 11.3 Å². The molecular formula is C9H9N3OS. The Hall–Kier alpha value is -1.07. The number of nitrogens with zero attached hydrogens (tertiary/aromatic N) is 3. The Morgan fingerprint density at radius 2 is 2.29 bits per heavy atom. The maximum atomic E-state index is 9.23. The van der Waals surface area contributed by atoms with Crippen molar-refractivity contribution in [3.8, 4) is 0 Å². The lowest BCUT2D eigenvalue weighted by Gasteiger charge is -2.08. The first-order chi connectivity index (χ1) is 6.84. The van der Waals surface area contributed by atoms with Crippen molar-refractivity contribution in [3.63, 3.8) is 0 Å². The molecule has 0 unspecified atom stereocenters. The third kappa shape index (κ3) is 1.06. The van der Waals surface area contributed by atoms with Crippen molar-refractivity contribution in [1.82, 2.24) is 15.0 Å². The number of hydrogen-bond acceptors (Lipinski definition) is 5. The molecule has 4 nitrogen and oxygen atoms in total. The molecule has 0 bridgehead atoms. The fourth-order valence-electron chi connectivity index (χ4n) is 1.53. The third-order valence-electron chi connectivity index (χ3n) is 2.72. The van der Waals surface area contributed by atoms with Crippen molar-refractivity contribution >= 4 is 21.7 Å². The van der Waals surface area contributed by atoms with Crippen LogP contribution in [0.15, 0.2) is 11.7 Å². The van der Waals surface area contributed by atoms with Crippen LogP contribution in [-0.4, -0.2) is 26.7 Å². The summed E-state index contributed by atoms with van der Waals surface area (Å²) in [4.78, 5) is 12.8. The van der Waals surface area contributed by atoms with Gasteiger partial charge in [0.15, 0.2) is 5.65 Å². The standard InChI is InChI=1S/C9H9N3OS/c13-4-9(1-2-9)8-10-3-6-7(12-8)11-5-14-6/h3,5,13H,1-2,4H2. The van der Waals surface area contributed by atoms with E-state index in [1.165, 1.54) is 11.3 Å². The Labute approximate surface area is 84.7 Å². The van der Waals surface area contributed by atoms with Gasteiger partial charge >= 0.3 is 0 Å². The Morgan fingerprint density at radius 3 is 3.00 bits per heavy atom. The molecule has 2 aromatic heterocycles. The van der Waals surface area contributed by atoms with Crippen LogP contribution < -0.4 is 0 Å². The molecule has 0 amide bonds. The van der Waals surface area contributed by atoms with Crippen LogP contribution in [-0.2, 0) is 5.41 Å². The number of aliphatic hydroxyl groups excluding tert-OH is 1. The summed E-state index contributed by atoms with van der Waals surface area (Å²) >= 11 is 1.54. The number of thiazole rings is 1. The van der Waals surface area contributed by atoms with E-state index >= 15 is 0 Å². The highest BCUT2D eigenvalue weighted by molar-refractivity contribution is 7.16. The average Bonchev–Trinajstić information content (AvgIpc) is 2.89. The minimum atomic E-state index is -0.155. The second-order valence-corrected chi connectivity index (χ2v) is 4.56. The Morgan fingerprint density at radius 1 is 1.43 bits per heavy atom. The second kappa shape index (κ2) is 2.71. The molecule has 72 valence electrons. The van der Waals surface area contributed by atoms with E-state index in [1.54, 1.807) is 11.7 Å². The molecule has 1 saturated carbocycles. The summed E-state index contributed by atoms with van der Waals surface area (Å²) in [5, 5.41) is 9.23. The summed E-state index contributed by atoms with van der Waals surface area (Å²) in [6.45, 7) is 0.142. The molecule has 1 aliphatic rings. The van der Waals surface area contributed by atoms with Crippen molar-refractivity contribution < 1.29 is 5.11 Å². The highest BCUT2D eigenvalue weighted by Crippen LogP contribution is 2.46. The topological polar surface area (TPSA) is 58.9 Å². The average molecular weight is 207 g/mol. The van der Waals surface area contributed by atoms with Crippen LogP contribution in [0.25, 0.3) is 10.3 Å². The molecule has 0 aromatic carbocycles. The van der Waals surface area contributed by atoms with Crippen LogP contribution in [0, 0.1) is 0 Å². The summed E-state index contributed by atoms with van der Waals surface area (Å²) in [6.07, 6.45) is 3.77. The molecule has 0 spiro atoms. The van der Waals surface area contributed by atoms with Gasteiger partial charge in [-0.15, -0.1) is 11.3 Å². The first-order valence-corrected chi connectivity index (χ1v) is 5.40. The van der Waals surface area contributed by atoms with Gasteiger partial charge in [-0.05, 0) is 12.8 Å². The molecule has 2 aromatic rings. The molecule has 1 fully saturated rings. The summed E-state index contributed by atoms with van der Waals surface area (Å²) in [6, 6.07) is 0. The van der Waals surface area contributed by atoms with Crippen molar-refractivity contribution in [2.45, 2.75) is 18.3 Å². The van der Waals surface area contributed by atoms with E-state index in [-0.39, 0.29) is 12.0 Å². The van der Waals surface area contributed by atoms with Crippen molar-refractivity contribution in [3.05, 3.63) is 17.5 Å². The number of hydrogen-bond donors (Lipinski definition) is 1. The Bertz CT molecular complexity index is 478. The zero-order valence-electron chi connectivity index (χ0n) is 7.47. The smallest absolute Gasteiger partial charge is 0.173 e. The van der Waals surface area contributed by atoms with Crippen LogP contribution in [0.1, 0.15) is 18.7 Å². The third-order valence-corrected chi connectivity index (χ3v) is 3.47. The lowest BCUT2D eigenvalue weighted by molar-refractivity contribution is 0.250. The number of aromatic nitrogens is 3. The van der Waals surface area contributed by atoms with E-state index in [0.29, 0.717) is 0 Å². The van der Waals surface area contributed by atoms with Gasteiger partial charge in [-0.1, -0.05) is 0 Å². The molecule has 0 radical (unpaired) electrons. The molecule has 0 aliphatic heterocycles. The second-order valence-electron chi connectivity index (χ2n) is 3.67. The maximum absolute atomic E-state index is 9.23. The first kappa shape index (κ1) is 8.26. The van der Waals surface area contributed by atoms with Crippen LogP contribution in [0.5, 0.6) is 0 Å². The van der Waals surface area contributed by atoms with Gasteiger partial charge in [-0.2, -0.15) is 0 Å². The molecule has 0 saturated heterocycles. The number of fused-ring (bicyclic) bond motifs is 1. The van der Waals surface area contributed by atoms with Crippen LogP contribution in [0.2, 0.25) is 0 Å². The lowest BCUT2D eigenvalue weighted by Crippen LogP contribution is -2.15. The molecule has 14 heavy (non-hydrogen) atoms. The number of aliphatic hydroxyl groups is 1. The summed E-state index contributed by atoms with van der Waals surface area (Å²) in [7, 11) is 0. The van der Waals surface area contributed by atoms with E-state index in [1.807, 2.05) is 0 Å². The van der Waals surface area contributed by atoms with Crippen molar-refractivity contribution in [2.75, 3.05) is 6.61 Å². The van der Waals surface area contributed by atoms with Gasteiger partial charge in [0.25, 0.3) is 0 Å². The SMILES string of the molecule is OCC1(c2ncc3scnc3n2)CC1. The van der Waals surface area contributed by atoms with Crippen molar-refractivity contribution in [2.24, 2.45) is 0 Å². The van der Waals surface area contributed by atoms with Gasteiger partial charge in [0, 0.05) is 0 Å². The molecular weight excluding hydrogens is 198 g/mol. The minimum Gasteiger partial charge on any atom is -0.395 e. The molecule has 2 heterocycles. The minimum absolute atomic E-state index is 0.142. The monoisotopic (exact) mass is 207 g/mol. The van der Waals surface area contributed by atoms with Gasteiger partial charge in [0.05, 0.1) is 28.4 Å². The van der Waals surface area contributed by atoms with Gasteiger partial charge in [-0.25, -0.2) is 15.0 Å². The van der Waals surface area contributed by atoms with E-state index in [2.05, 4.69) is 15.0 Å². The van der Waals surface area contributed by atoms with Crippen LogP contribution in [0.3, 0.4) is 0 Å². The fourth-order valence-corrected chi connectivity index (χ4v) is 2.11. The molecule has 1 aliphatic carbocycles. The fraction of sp³-hybridized carbons (Fsp3) is 0.444. The maximum Gasteiger partial charge on any atom is 0.173 e. The molecule has 3 rings (SSSR count). The van der Waals surface area contributed by atoms with E-state index < -0.39 is 0 Å². The largest absolute Gasteiger partial charge is 0.395 e. The van der Waals surface area contributed by atoms with Gasteiger partial charge in [0.1, 0.15) is 5.82 Å². The van der Waals surface area contributed by atoms with Crippen LogP contribution in [0.4, 0.5) is 0 Å².